The number of nitrogens with zero attached hydrogens (tertiary/aromatic N) is 4. The molecule has 2 heterocycles. The van der Waals surface area contributed by atoms with Crippen molar-refractivity contribution in [2.24, 2.45) is 0 Å². The highest BCUT2D eigenvalue weighted by atomic mass is 19.1. The molecule has 30 heavy (non-hydrogen) atoms. The van der Waals surface area contributed by atoms with Gasteiger partial charge >= 0.3 is 0 Å². The van der Waals surface area contributed by atoms with Crippen LogP contribution in [0.5, 0.6) is 5.75 Å². The molecule has 0 amide bonds. The summed E-state index contributed by atoms with van der Waals surface area (Å²) < 4.78 is 21.6. The highest BCUT2D eigenvalue weighted by Crippen LogP contribution is 2.15. The molecule has 2 aromatic heterocycles. The fraction of sp³-hybridized carbons (Fsp3) is 0.227. The molecule has 0 aliphatic heterocycles. The molecule has 0 saturated carbocycles. The monoisotopic (exact) mass is 408 g/mol. The van der Waals surface area contributed by atoms with E-state index in [9.17, 15) is 14.3 Å². The Bertz CT molecular complexity index is 1220. The lowest BCUT2D eigenvalue weighted by Gasteiger charge is -2.14. The van der Waals surface area contributed by atoms with Crippen LogP contribution in [0.25, 0.3) is 16.7 Å². The second kappa shape index (κ2) is 8.46. The fourth-order valence-corrected chi connectivity index (χ4v) is 3.18. The van der Waals surface area contributed by atoms with Crippen LogP contribution in [-0.4, -0.2) is 37.1 Å². The molecule has 4 rings (SSSR count). The van der Waals surface area contributed by atoms with Crippen LogP contribution in [-0.2, 0) is 13.0 Å². The topological polar surface area (TPSA) is 82.2 Å². The molecule has 0 aliphatic carbocycles. The smallest absolute Gasteiger partial charge is 0.264 e. The van der Waals surface area contributed by atoms with E-state index in [2.05, 4.69) is 17.0 Å². The molecule has 0 radical (unpaired) electrons. The largest absolute Gasteiger partial charge is 0.491 e. The maximum absolute atomic E-state index is 13.2. The number of aliphatic hydroxyl groups is 1. The van der Waals surface area contributed by atoms with Gasteiger partial charge in [-0.25, -0.2) is 14.1 Å². The summed E-state index contributed by atoms with van der Waals surface area (Å²) in [6.07, 6.45) is 2.79. The molecule has 0 fully saturated rings. The molecule has 1 atom stereocenters. The van der Waals surface area contributed by atoms with Crippen molar-refractivity contribution in [3.8, 4) is 11.4 Å². The van der Waals surface area contributed by atoms with E-state index in [1.807, 2.05) is 24.3 Å². The number of ether oxygens (including phenoxy) is 1. The van der Waals surface area contributed by atoms with Gasteiger partial charge in [-0.05, 0) is 48.4 Å². The first kappa shape index (κ1) is 19.8. The van der Waals surface area contributed by atoms with Gasteiger partial charge in [0, 0.05) is 0 Å². The van der Waals surface area contributed by atoms with Crippen LogP contribution >= 0.6 is 0 Å². The third-order valence-electron chi connectivity index (χ3n) is 4.78. The molecule has 8 heteroatoms. The molecule has 154 valence electrons. The lowest BCUT2D eigenvalue weighted by atomic mass is 10.2. The Balaban J connectivity index is 1.50. The van der Waals surface area contributed by atoms with E-state index in [1.54, 1.807) is 12.1 Å². The van der Waals surface area contributed by atoms with Crippen LogP contribution < -0.4 is 10.3 Å². The molecule has 0 saturated heterocycles. The van der Waals surface area contributed by atoms with Crippen molar-refractivity contribution in [1.29, 1.82) is 0 Å². The molecule has 0 bridgehead atoms. The van der Waals surface area contributed by atoms with Gasteiger partial charge in [0.15, 0.2) is 5.65 Å². The van der Waals surface area contributed by atoms with E-state index in [0.717, 1.165) is 12.0 Å². The highest BCUT2D eigenvalue weighted by Gasteiger charge is 2.14. The van der Waals surface area contributed by atoms with Crippen LogP contribution in [0.2, 0.25) is 0 Å². The third kappa shape index (κ3) is 4.08. The Morgan fingerprint density at radius 1 is 1.20 bits per heavy atom. The maximum atomic E-state index is 13.2. The second-order valence-electron chi connectivity index (χ2n) is 6.94. The van der Waals surface area contributed by atoms with Crippen LogP contribution in [0.3, 0.4) is 0 Å². The highest BCUT2D eigenvalue weighted by molar-refractivity contribution is 5.74. The summed E-state index contributed by atoms with van der Waals surface area (Å²) in [6, 6.07) is 13.4. The van der Waals surface area contributed by atoms with Crippen molar-refractivity contribution in [1.82, 2.24) is 19.3 Å². The lowest BCUT2D eigenvalue weighted by molar-refractivity contribution is 0.0914. The SMILES string of the molecule is CCc1cccc(OC[C@@H](O)Cn2cnc3c(cnn3-c3ccc(F)cc3)c2=O)c1. The minimum Gasteiger partial charge on any atom is -0.491 e. The number of fused-ring (bicyclic) bond motifs is 1. The summed E-state index contributed by atoms with van der Waals surface area (Å²) in [5, 5.41) is 14.8. The number of aromatic nitrogens is 4. The van der Waals surface area contributed by atoms with Crippen LogP contribution in [0.15, 0.2) is 65.8 Å². The van der Waals surface area contributed by atoms with Gasteiger partial charge in [0.2, 0.25) is 0 Å². The number of aryl methyl sites for hydroxylation is 1. The van der Waals surface area contributed by atoms with Crippen LogP contribution in [0.1, 0.15) is 12.5 Å². The van der Waals surface area contributed by atoms with E-state index >= 15 is 0 Å². The van der Waals surface area contributed by atoms with Crippen LogP contribution in [0, 0.1) is 5.82 Å². The number of halogens is 1. The molecule has 0 unspecified atom stereocenters. The van der Waals surface area contributed by atoms with E-state index in [4.69, 9.17) is 4.74 Å². The summed E-state index contributed by atoms with van der Waals surface area (Å²) in [6.45, 7) is 2.14. The predicted octanol–water partition coefficient (Wildman–Crippen LogP) is 2.72. The third-order valence-corrected chi connectivity index (χ3v) is 4.78. The summed E-state index contributed by atoms with van der Waals surface area (Å²) >= 11 is 0. The van der Waals surface area contributed by atoms with Crippen molar-refractivity contribution in [2.75, 3.05) is 6.61 Å². The van der Waals surface area contributed by atoms with Gasteiger partial charge in [0.1, 0.15) is 36.0 Å². The Hall–Kier alpha value is -3.52. The van der Waals surface area contributed by atoms with Gasteiger partial charge in [-0.3, -0.25) is 9.36 Å². The van der Waals surface area contributed by atoms with E-state index < -0.39 is 6.10 Å². The first-order valence-corrected chi connectivity index (χ1v) is 9.64. The average molecular weight is 408 g/mol. The molecule has 0 aliphatic rings. The zero-order valence-corrected chi connectivity index (χ0v) is 16.4. The quantitative estimate of drug-likeness (QED) is 0.509. The normalized spacial score (nSPS) is 12.2. The molecule has 1 N–H and O–H groups in total. The van der Waals surface area contributed by atoms with Crippen molar-refractivity contribution < 1.29 is 14.2 Å². The number of hydrogen-bond donors (Lipinski definition) is 1. The fourth-order valence-electron chi connectivity index (χ4n) is 3.18. The number of rotatable bonds is 7. The first-order valence-electron chi connectivity index (χ1n) is 9.64. The molecular weight excluding hydrogens is 387 g/mol. The van der Waals surface area contributed by atoms with Gasteiger partial charge in [0.05, 0.1) is 18.4 Å². The Kier molecular flexibility index (Phi) is 5.58. The summed E-state index contributed by atoms with van der Waals surface area (Å²) in [5.41, 5.74) is 1.79. The average Bonchev–Trinajstić information content (AvgIpc) is 3.20. The van der Waals surface area contributed by atoms with Crippen molar-refractivity contribution in [3.63, 3.8) is 0 Å². The molecular formula is C22H21FN4O3. The zero-order valence-electron chi connectivity index (χ0n) is 16.4. The standard InChI is InChI=1S/C22H21FN4O3/c1-2-15-4-3-5-19(10-15)30-13-18(28)12-26-14-24-21-20(22(26)29)11-25-27(21)17-8-6-16(23)7-9-17/h3-11,14,18,28H,2,12-13H2,1H3/t18-/m0/s1. The first-order chi connectivity index (χ1) is 14.5. The second-order valence-corrected chi connectivity index (χ2v) is 6.94. The predicted molar refractivity (Wildman–Crippen MR) is 110 cm³/mol. The summed E-state index contributed by atoms with van der Waals surface area (Å²) in [4.78, 5) is 17.1. The van der Waals surface area contributed by atoms with Gasteiger partial charge in [-0.15, -0.1) is 0 Å². The van der Waals surface area contributed by atoms with Crippen molar-refractivity contribution in [2.45, 2.75) is 26.0 Å². The maximum Gasteiger partial charge on any atom is 0.264 e. The zero-order chi connectivity index (χ0) is 21.1. The van der Waals surface area contributed by atoms with Gasteiger partial charge in [-0.1, -0.05) is 19.1 Å². The number of hydrogen-bond acceptors (Lipinski definition) is 5. The van der Waals surface area contributed by atoms with E-state index in [1.165, 1.54) is 33.9 Å². The summed E-state index contributed by atoms with van der Waals surface area (Å²) in [5.74, 6) is 0.318. The minimum absolute atomic E-state index is 0.0387. The van der Waals surface area contributed by atoms with Gasteiger partial charge in [0.25, 0.3) is 5.56 Å². The molecule has 7 nitrogen and oxygen atoms in total. The van der Waals surface area contributed by atoms with Crippen molar-refractivity contribution >= 4 is 11.0 Å². The van der Waals surface area contributed by atoms with E-state index in [0.29, 0.717) is 22.5 Å². The van der Waals surface area contributed by atoms with Crippen LogP contribution in [0.4, 0.5) is 4.39 Å². The Morgan fingerprint density at radius 3 is 2.77 bits per heavy atom. The summed E-state index contributed by atoms with van der Waals surface area (Å²) in [7, 11) is 0. The molecule has 2 aromatic carbocycles. The number of benzene rings is 2. The molecule has 4 aromatic rings. The Morgan fingerprint density at radius 2 is 2.00 bits per heavy atom. The lowest BCUT2D eigenvalue weighted by Crippen LogP contribution is -2.30. The Labute approximate surface area is 172 Å². The van der Waals surface area contributed by atoms with Gasteiger partial charge in [-0.2, -0.15) is 5.10 Å². The number of aliphatic hydroxyl groups excluding tert-OH is 1. The minimum atomic E-state index is -0.889. The van der Waals surface area contributed by atoms with Crippen molar-refractivity contribution in [3.05, 3.63) is 82.8 Å². The van der Waals surface area contributed by atoms with Gasteiger partial charge < -0.3 is 9.84 Å². The molecule has 0 spiro atoms. The van der Waals surface area contributed by atoms with E-state index in [-0.39, 0.29) is 24.5 Å².